The fraction of sp³-hybridized carbons (Fsp3) is 0.444. The molecule has 6 rings (SSSR count). The van der Waals surface area contributed by atoms with Crippen molar-refractivity contribution in [1.29, 1.82) is 0 Å². The van der Waals surface area contributed by atoms with E-state index in [0.717, 1.165) is 84.0 Å². The van der Waals surface area contributed by atoms with Gasteiger partial charge < -0.3 is 9.72 Å². The van der Waals surface area contributed by atoms with Crippen molar-refractivity contribution in [3.63, 3.8) is 0 Å². The molecule has 0 saturated heterocycles. The van der Waals surface area contributed by atoms with Crippen LogP contribution < -0.4 is 5.69 Å². The average Bonchev–Trinajstić information content (AvgIpc) is 3.46. The number of aromatic amines is 1. The number of allylic oxidation sites excluding steroid dienone is 2. The zero-order valence-electron chi connectivity index (χ0n) is 19.7. The lowest BCUT2D eigenvalue weighted by Gasteiger charge is -2.28. The predicted octanol–water partition coefficient (Wildman–Crippen LogP) is 5.36. The van der Waals surface area contributed by atoms with Gasteiger partial charge in [0.05, 0.1) is 11.6 Å². The first-order valence-electron chi connectivity index (χ1n) is 12.5. The van der Waals surface area contributed by atoms with Gasteiger partial charge in [0, 0.05) is 54.5 Å². The molecule has 4 heterocycles. The average molecular weight is 458 g/mol. The molecule has 7 heteroatoms. The molecule has 7 nitrogen and oxygen atoms in total. The smallest absolute Gasteiger partial charge is 0.334 e. The van der Waals surface area contributed by atoms with Crippen LogP contribution in [0.2, 0.25) is 0 Å². The molecule has 0 aliphatic heterocycles. The fourth-order valence-corrected chi connectivity index (χ4v) is 5.73. The highest BCUT2D eigenvalue weighted by Crippen LogP contribution is 2.31. The standard InChI is InChI=1S/C27H31N5O2/c1-34-23-9-5-6-18(12-23)17-31-24-14-21(20-13-19-10-11-28-25(19)29-15-20)16-30-26(24)32(27(31)33)22-7-3-2-4-8-22/h7,10-11,13-16,18,23H,2-6,8-9,12,17H2,1H3,(H,28,29)/t18-,23+/m0/s1. The van der Waals surface area contributed by atoms with Gasteiger partial charge in [-0.3, -0.25) is 4.57 Å². The van der Waals surface area contributed by atoms with Crippen molar-refractivity contribution >= 4 is 27.9 Å². The minimum absolute atomic E-state index is 0.0338. The molecular formula is C27H31N5O2. The number of aromatic nitrogens is 5. The number of rotatable bonds is 5. The van der Waals surface area contributed by atoms with Gasteiger partial charge in [0.15, 0.2) is 5.65 Å². The number of pyridine rings is 2. The Morgan fingerprint density at radius 3 is 2.85 bits per heavy atom. The SMILES string of the molecule is CO[C@@H]1CCC[C@H](Cn2c(=O)n(C3=CCCCC3)c3ncc(-c4cnc5[nH]ccc5c4)cc32)C1. The second kappa shape index (κ2) is 8.87. The lowest BCUT2D eigenvalue weighted by Crippen LogP contribution is -2.30. The number of H-pyrrole nitrogens is 1. The van der Waals surface area contributed by atoms with Gasteiger partial charge in [-0.1, -0.05) is 12.5 Å². The normalized spacial score (nSPS) is 21.3. The van der Waals surface area contributed by atoms with Crippen LogP contribution in [0.15, 0.2) is 47.7 Å². The fourth-order valence-electron chi connectivity index (χ4n) is 5.73. The third-order valence-corrected chi connectivity index (χ3v) is 7.57. The number of hydrogen-bond acceptors (Lipinski definition) is 4. The Hall–Kier alpha value is -3.19. The highest BCUT2D eigenvalue weighted by atomic mass is 16.5. The van der Waals surface area contributed by atoms with E-state index in [9.17, 15) is 4.79 Å². The topological polar surface area (TPSA) is 77.7 Å². The molecule has 0 aromatic carbocycles. The van der Waals surface area contributed by atoms with E-state index < -0.39 is 0 Å². The summed E-state index contributed by atoms with van der Waals surface area (Å²) < 4.78 is 9.49. The number of nitrogens with zero attached hydrogens (tertiary/aromatic N) is 4. The van der Waals surface area contributed by atoms with Crippen molar-refractivity contribution in [2.45, 2.75) is 64.0 Å². The van der Waals surface area contributed by atoms with Gasteiger partial charge in [0.1, 0.15) is 5.65 Å². The molecule has 1 fully saturated rings. The van der Waals surface area contributed by atoms with E-state index in [1.54, 1.807) is 7.11 Å². The maximum Gasteiger partial charge on any atom is 0.334 e. The summed E-state index contributed by atoms with van der Waals surface area (Å²) in [6.07, 6.45) is 16.8. The summed E-state index contributed by atoms with van der Waals surface area (Å²) in [5, 5.41) is 1.06. The van der Waals surface area contributed by atoms with Crippen LogP contribution in [0.4, 0.5) is 0 Å². The van der Waals surface area contributed by atoms with Crippen LogP contribution in [0, 0.1) is 5.92 Å². The molecular weight excluding hydrogens is 426 g/mol. The second-order valence-corrected chi connectivity index (χ2v) is 9.77. The van der Waals surface area contributed by atoms with Gasteiger partial charge in [-0.05, 0) is 69.1 Å². The van der Waals surface area contributed by atoms with Crippen LogP contribution in [-0.4, -0.2) is 37.3 Å². The number of ether oxygens (including phenoxy) is 1. The van der Waals surface area contributed by atoms with Gasteiger partial charge in [0.25, 0.3) is 0 Å². The molecule has 176 valence electrons. The minimum atomic E-state index is 0.0338. The Bertz CT molecular complexity index is 1430. The van der Waals surface area contributed by atoms with E-state index in [4.69, 9.17) is 9.72 Å². The van der Waals surface area contributed by atoms with Crippen LogP contribution in [0.25, 0.3) is 39.0 Å². The van der Waals surface area contributed by atoms with Gasteiger partial charge in [-0.15, -0.1) is 0 Å². The Labute approximate surface area is 198 Å². The molecule has 4 aromatic heterocycles. The van der Waals surface area contributed by atoms with Gasteiger partial charge in [0.2, 0.25) is 0 Å². The summed E-state index contributed by atoms with van der Waals surface area (Å²) in [6.45, 7) is 0.704. The minimum Gasteiger partial charge on any atom is -0.381 e. The van der Waals surface area contributed by atoms with Crippen LogP contribution in [0.1, 0.15) is 51.4 Å². The van der Waals surface area contributed by atoms with Crippen molar-refractivity contribution in [3.8, 4) is 11.1 Å². The number of imidazole rings is 1. The van der Waals surface area contributed by atoms with E-state index in [-0.39, 0.29) is 11.8 Å². The Morgan fingerprint density at radius 1 is 1.12 bits per heavy atom. The molecule has 2 aliphatic carbocycles. The van der Waals surface area contributed by atoms with E-state index in [1.807, 2.05) is 33.8 Å². The number of hydrogen-bond donors (Lipinski definition) is 1. The first-order valence-corrected chi connectivity index (χ1v) is 12.5. The van der Waals surface area contributed by atoms with Crippen LogP contribution in [0.3, 0.4) is 0 Å². The monoisotopic (exact) mass is 457 g/mol. The molecule has 0 spiro atoms. The first-order chi connectivity index (χ1) is 16.7. The first kappa shape index (κ1) is 21.4. The van der Waals surface area contributed by atoms with E-state index >= 15 is 0 Å². The third kappa shape index (κ3) is 3.78. The van der Waals surface area contributed by atoms with Crippen molar-refractivity contribution in [2.75, 3.05) is 7.11 Å². The van der Waals surface area contributed by atoms with Crippen molar-refractivity contribution in [3.05, 3.63) is 53.3 Å². The summed E-state index contributed by atoms with van der Waals surface area (Å²) in [5.41, 5.74) is 5.64. The summed E-state index contributed by atoms with van der Waals surface area (Å²) in [6, 6.07) is 6.26. The quantitative estimate of drug-likeness (QED) is 0.438. The maximum atomic E-state index is 13.8. The van der Waals surface area contributed by atoms with Crippen molar-refractivity contribution < 1.29 is 4.74 Å². The number of fused-ring (bicyclic) bond motifs is 2. The zero-order valence-corrected chi connectivity index (χ0v) is 19.7. The van der Waals surface area contributed by atoms with Crippen molar-refractivity contribution in [1.82, 2.24) is 24.1 Å². The third-order valence-electron chi connectivity index (χ3n) is 7.57. The van der Waals surface area contributed by atoms with E-state index in [0.29, 0.717) is 12.5 Å². The van der Waals surface area contributed by atoms with E-state index in [1.165, 1.54) is 6.42 Å². The number of nitrogens with one attached hydrogen (secondary N) is 1. The summed E-state index contributed by atoms with van der Waals surface area (Å²) >= 11 is 0. The summed E-state index contributed by atoms with van der Waals surface area (Å²) in [7, 11) is 1.80. The molecule has 0 unspecified atom stereocenters. The molecule has 1 saturated carbocycles. The maximum absolute atomic E-state index is 13.8. The van der Waals surface area contributed by atoms with Gasteiger partial charge >= 0.3 is 5.69 Å². The molecule has 0 bridgehead atoms. The molecule has 2 atom stereocenters. The molecule has 1 N–H and O–H groups in total. The summed E-state index contributed by atoms with van der Waals surface area (Å²) in [5.74, 6) is 0.428. The Morgan fingerprint density at radius 2 is 2.00 bits per heavy atom. The second-order valence-electron chi connectivity index (χ2n) is 9.77. The van der Waals surface area contributed by atoms with Crippen LogP contribution >= 0.6 is 0 Å². The van der Waals surface area contributed by atoms with Crippen LogP contribution in [-0.2, 0) is 11.3 Å². The molecule has 34 heavy (non-hydrogen) atoms. The summed E-state index contributed by atoms with van der Waals surface area (Å²) in [4.78, 5) is 26.3. The van der Waals surface area contributed by atoms with E-state index in [2.05, 4.69) is 28.2 Å². The highest BCUT2D eigenvalue weighted by molar-refractivity contribution is 5.85. The molecule has 4 aromatic rings. The molecule has 0 radical (unpaired) electrons. The Kier molecular flexibility index (Phi) is 5.57. The number of methoxy groups -OCH3 is 1. The highest BCUT2D eigenvalue weighted by Gasteiger charge is 2.26. The lowest BCUT2D eigenvalue weighted by atomic mass is 9.87. The predicted molar refractivity (Wildman–Crippen MR) is 135 cm³/mol. The molecule has 0 amide bonds. The van der Waals surface area contributed by atoms with Gasteiger partial charge in [-0.25, -0.2) is 19.3 Å². The van der Waals surface area contributed by atoms with Gasteiger partial charge in [-0.2, -0.15) is 0 Å². The largest absolute Gasteiger partial charge is 0.381 e. The van der Waals surface area contributed by atoms with Crippen LogP contribution in [0.5, 0.6) is 0 Å². The van der Waals surface area contributed by atoms with Crippen molar-refractivity contribution in [2.24, 2.45) is 5.92 Å². The lowest BCUT2D eigenvalue weighted by molar-refractivity contribution is 0.0472. The zero-order chi connectivity index (χ0) is 23.1. The molecule has 2 aliphatic rings. The Balaban J connectivity index is 1.47.